The average Bonchev–Trinajstić information content (AvgIpc) is 2.21. The van der Waals surface area contributed by atoms with Crippen molar-refractivity contribution in [1.82, 2.24) is 0 Å². The van der Waals surface area contributed by atoms with Gasteiger partial charge in [0.1, 0.15) is 6.10 Å². The molecule has 0 aliphatic heterocycles. The molecule has 1 fully saturated rings. The molecule has 0 saturated heterocycles. The summed E-state index contributed by atoms with van der Waals surface area (Å²) in [5.74, 6) is 0. The van der Waals surface area contributed by atoms with E-state index in [2.05, 4.69) is 12.6 Å². The second-order valence-electron chi connectivity index (χ2n) is 4.77. The van der Waals surface area contributed by atoms with E-state index in [1.807, 2.05) is 0 Å². The van der Waals surface area contributed by atoms with Crippen molar-refractivity contribution < 1.29 is 4.74 Å². The molecule has 0 amide bonds. The van der Waals surface area contributed by atoms with Gasteiger partial charge in [-0.1, -0.05) is 57.6 Å². The lowest BCUT2D eigenvalue weighted by atomic mass is 9.99. The van der Waals surface area contributed by atoms with Gasteiger partial charge < -0.3 is 4.74 Å². The summed E-state index contributed by atoms with van der Waals surface area (Å²) in [6, 6.07) is 0. The third-order valence-corrected chi connectivity index (χ3v) is 3.52. The predicted octanol–water partition coefficient (Wildman–Crippen LogP) is 4.89. The van der Waals surface area contributed by atoms with Gasteiger partial charge in [0.05, 0.1) is 0 Å². The second kappa shape index (κ2) is 9.29. The Morgan fingerprint density at radius 2 is 1.19 bits per heavy atom. The molecule has 0 heterocycles. The molecule has 1 rings (SSSR count). The van der Waals surface area contributed by atoms with E-state index in [4.69, 9.17) is 17.0 Å². The quantitative estimate of drug-likeness (QED) is 0.531. The van der Waals surface area contributed by atoms with Crippen molar-refractivity contribution in [2.45, 2.75) is 76.7 Å². The Hall–Kier alpha value is 0.240. The lowest BCUT2D eigenvalue weighted by Crippen LogP contribution is -2.14. The molecule has 0 aromatic heterocycles. The molecule has 16 heavy (non-hydrogen) atoms. The van der Waals surface area contributed by atoms with Crippen LogP contribution in [0, 0.1) is 0 Å². The maximum atomic E-state index is 5.59. The van der Waals surface area contributed by atoms with Gasteiger partial charge in [-0.25, -0.2) is 0 Å². The minimum Gasteiger partial charge on any atom is -0.475 e. The Balaban J connectivity index is 2.27. The van der Waals surface area contributed by atoms with Crippen molar-refractivity contribution >= 4 is 29.2 Å². The zero-order valence-corrected chi connectivity index (χ0v) is 11.8. The van der Waals surface area contributed by atoms with Crippen LogP contribution < -0.4 is 0 Å². The van der Waals surface area contributed by atoms with E-state index in [0.29, 0.717) is 10.5 Å². The fraction of sp³-hybridized carbons (Fsp3) is 0.923. The maximum absolute atomic E-state index is 5.59. The van der Waals surface area contributed by atoms with Crippen molar-refractivity contribution in [3.8, 4) is 0 Å². The lowest BCUT2D eigenvalue weighted by Gasteiger charge is -2.18. The lowest BCUT2D eigenvalue weighted by molar-refractivity contribution is 0.170. The molecule has 3 heteroatoms. The molecule has 1 aliphatic carbocycles. The van der Waals surface area contributed by atoms with Crippen LogP contribution in [0.4, 0.5) is 0 Å². The Morgan fingerprint density at radius 3 is 1.56 bits per heavy atom. The van der Waals surface area contributed by atoms with Gasteiger partial charge in [0.25, 0.3) is 0 Å². The van der Waals surface area contributed by atoms with Gasteiger partial charge in [-0.3, -0.25) is 0 Å². The Morgan fingerprint density at radius 1 is 0.812 bits per heavy atom. The molecular formula is C13H24OS2. The summed E-state index contributed by atoms with van der Waals surface area (Å²) in [6.45, 7) is 0. The van der Waals surface area contributed by atoms with Crippen LogP contribution >= 0.6 is 24.8 Å². The fourth-order valence-corrected chi connectivity index (χ4v) is 2.67. The third kappa shape index (κ3) is 7.50. The number of thiocarbonyl (C=S) groups is 1. The van der Waals surface area contributed by atoms with Gasteiger partial charge in [-0.15, -0.1) is 0 Å². The smallest absolute Gasteiger partial charge is 0.217 e. The van der Waals surface area contributed by atoms with Gasteiger partial charge in [0.15, 0.2) is 0 Å². The molecule has 0 aromatic carbocycles. The molecule has 0 N–H and O–H groups in total. The Labute approximate surface area is 111 Å². The van der Waals surface area contributed by atoms with Crippen LogP contribution in [0.5, 0.6) is 0 Å². The van der Waals surface area contributed by atoms with E-state index in [0.717, 1.165) is 12.8 Å². The van der Waals surface area contributed by atoms with E-state index in [9.17, 15) is 0 Å². The van der Waals surface area contributed by atoms with Crippen molar-refractivity contribution in [3.05, 3.63) is 0 Å². The van der Waals surface area contributed by atoms with Crippen LogP contribution in [0.3, 0.4) is 0 Å². The minimum absolute atomic E-state index is 0.324. The highest BCUT2D eigenvalue weighted by Gasteiger charge is 2.10. The van der Waals surface area contributed by atoms with Crippen LogP contribution in [-0.4, -0.2) is 10.5 Å². The number of ether oxygens (including phenoxy) is 1. The van der Waals surface area contributed by atoms with E-state index in [1.54, 1.807) is 0 Å². The molecular weight excluding hydrogens is 236 g/mol. The highest BCUT2D eigenvalue weighted by molar-refractivity contribution is 8.10. The predicted molar refractivity (Wildman–Crippen MR) is 77.2 cm³/mol. The van der Waals surface area contributed by atoms with E-state index in [-0.39, 0.29) is 0 Å². The van der Waals surface area contributed by atoms with E-state index >= 15 is 0 Å². The second-order valence-corrected chi connectivity index (χ2v) is 5.84. The summed E-state index contributed by atoms with van der Waals surface area (Å²) in [6.07, 6.45) is 14.9. The number of thiol groups is 1. The standard InChI is InChI=1S/C13H24OS2/c15-13(16)14-12-10-8-6-4-2-1-3-5-7-9-11-12/h12H,1-11H2,(H,15,16). The van der Waals surface area contributed by atoms with Gasteiger partial charge >= 0.3 is 0 Å². The number of hydrogen-bond donors (Lipinski definition) is 1. The molecule has 0 unspecified atom stereocenters. The molecule has 0 atom stereocenters. The van der Waals surface area contributed by atoms with E-state index in [1.165, 1.54) is 57.8 Å². The third-order valence-electron chi connectivity index (χ3n) is 3.32. The first-order valence-corrected chi connectivity index (χ1v) is 7.54. The summed E-state index contributed by atoms with van der Waals surface area (Å²) in [5.41, 5.74) is 0. The van der Waals surface area contributed by atoms with Crippen LogP contribution in [0.2, 0.25) is 0 Å². The van der Waals surface area contributed by atoms with Crippen molar-refractivity contribution in [2.75, 3.05) is 0 Å². The van der Waals surface area contributed by atoms with E-state index < -0.39 is 0 Å². The molecule has 1 saturated carbocycles. The van der Waals surface area contributed by atoms with Gasteiger partial charge in [0.2, 0.25) is 4.38 Å². The molecule has 0 bridgehead atoms. The van der Waals surface area contributed by atoms with Gasteiger partial charge in [-0.05, 0) is 37.9 Å². The molecule has 0 aromatic rings. The molecule has 0 spiro atoms. The Bertz CT molecular complexity index is 182. The highest BCUT2D eigenvalue weighted by Crippen LogP contribution is 2.19. The van der Waals surface area contributed by atoms with Crippen LogP contribution in [0.15, 0.2) is 0 Å². The van der Waals surface area contributed by atoms with Gasteiger partial charge in [-0.2, -0.15) is 0 Å². The van der Waals surface area contributed by atoms with Crippen LogP contribution in [-0.2, 0) is 4.74 Å². The van der Waals surface area contributed by atoms with Crippen molar-refractivity contribution in [3.63, 3.8) is 0 Å². The largest absolute Gasteiger partial charge is 0.475 e. The first-order chi connectivity index (χ1) is 7.79. The van der Waals surface area contributed by atoms with Crippen molar-refractivity contribution in [1.29, 1.82) is 0 Å². The highest BCUT2D eigenvalue weighted by atomic mass is 32.1. The molecule has 1 aliphatic rings. The Kier molecular flexibility index (Phi) is 8.30. The number of hydrogen-bond acceptors (Lipinski definition) is 2. The maximum Gasteiger partial charge on any atom is 0.217 e. The summed E-state index contributed by atoms with van der Waals surface area (Å²) >= 11 is 8.97. The molecule has 0 radical (unpaired) electrons. The SMILES string of the molecule is S=C(S)OC1CCCCCCCCCCC1. The normalized spacial score (nSPS) is 21.8. The summed E-state index contributed by atoms with van der Waals surface area (Å²) < 4.78 is 6.00. The van der Waals surface area contributed by atoms with Crippen LogP contribution in [0.1, 0.15) is 70.6 Å². The van der Waals surface area contributed by atoms with Crippen molar-refractivity contribution in [2.24, 2.45) is 0 Å². The summed E-state index contributed by atoms with van der Waals surface area (Å²) in [5, 5.41) is 0. The van der Waals surface area contributed by atoms with Crippen LogP contribution in [0.25, 0.3) is 0 Å². The zero-order valence-electron chi connectivity index (χ0n) is 10.1. The average molecular weight is 260 g/mol. The topological polar surface area (TPSA) is 9.23 Å². The number of rotatable bonds is 1. The molecule has 1 nitrogen and oxygen atoms in total. The van der Waals surface area contributed by atoms with Gasteiger partial charge in [0, 0.05) is 0 Å². The fourth-order valence-electron chi connectivity index (χ4n) is 2.39. The summed E-state index contributed by atoms with van der Waals surface area (Å²) in [7, 11) is 0. The summed E-state index contributed by atoms with van der Waals surface area (Å²) in [4.78, 5) is 0. The minimum atomic E-state index is 0.324. The monoisotopic (exact) mass is 260 g/mol. The first kappa shape index (κ1) is 14.3. The first-order valence-electron chi connectivity index (χ1n) is 6.68. The zero-order chi connectivity index (χ0) is 11.6. The molecule has 94 valence electrons.